The number of rotatable bonds is 2. The van der Waals surface area contributed by atoms with E-state index in [0.717, 1.165) is 13.0 Å². The number of halogens is 1. The van der Waals surface area contributed by atoms with Crippen LogP contribution in [0.4, 0.5) is 5.95 Å². The maximum Gasteiger partial charge on any atom is 0.329 e. The van der Waals surface area contributed by atoms with Crippen molar-refractivity contribution in [2.45, 2.75) is 12.5 Å². The molecule has 0 amide bonds. The smallest absolute Gasteiger partial charge is 0.329 e. The molecule has 3 aromatic rings. The van der Waals surface area contributed by atoms with Crippen LogP contribution in [-0.4, -0.2) is 42.0 Å². The van der Waals surface area contributed by atoms with Gasteiger partial charge in [0.15, 0.2) is 11.2 Å². The van der Waals surface area contributed by atoms with Crippen molar-refractivity contribution in [3.63, 3.8) is 0 Å². The van der Waals surface area contributed by atoms with Crippen molar-refractivity contribution in [3.8, 4) is 0 Å². The van der Waals surface area contributed by atoms with E-state index >= 15 is 0 Å². The Hall–Kier alpha value is -2.55. The molecule has 0 saturated carbocycles. The molecule has 1 N–H and O–H groups in total. The van der Waals surface area contributed by atoms with E-state index in [-0.39, 0.29) is 6.04 Å². The van der Waals surface area contributed by atoms with E-state index in [0.29, 0.717) is 28.7 Å². The third-order valence-corrected chi connectivity index (χ3v) is 4.70. The predicted octanol–water partition coefficient (Wildman–Crippen LogP) is 0.262. The Kier molecular flexibility index (Phi) is 3.27. The van der Waals surface area contributed by atoms with Crippen LogP contribution < -0.4 is 16.1 Å². The van der Waals surface area contributed by atoms with E-state index in [9.17, 15) is 9.59 Å². The molecule has 0 aromatic carbocycles. The lowest BCUT2D eigenvalue weighted by Gasteiger charge is -2.17. The fraction of sp³-hybridized carbons (Fsp3) is 0.429. The van der Waals surface area contributed by atoms with E-state index in [1.165, 1.54) is 4.57 Å². The van der Waals surface area contributed by atoms with Crippen LogP contribution in [0.1, 0.15) is 12.5 Å². The number of hydrogen-bond donors (Lipinski definition) is 1. The van der Waals surface area contributed by atoms with Gasteiger partial charge in [0.25, 0.3) is 5.56 Å². The summed E-state index contributed by atoms with van der Waals surface area (Å²) >= 11 is 5.94. The lowest BCUT2D eigenvalue weighted by molar-refractivity contribution is 0.494. The molecule has 10 heteroatoms. The molecule has 1 aliphatic heterocycles. The van der Waals surface area contributed by atoms with Crippen LogP contribution in [0.15, 0.2) is 22.0 Å². The van der Waals surface area contributed by atoms with E-state index in [2.05, 4.69) is 20.0 Å². The highest BCUT2D eigenvalue weighted by Crippen LogP contribution is 2.27. The number of H-pyrrole nitrogens is 1. The third-order valence-electron chi connectivity index (χ3n) is 4.50. The molecule has 1 aliphatic rings. The lowest BCUT2D eigenvalue weighted by atomic mass is 10.3. The summed E-state index contributed by atoms with van der Waals surface area (Å²) in [7, 11) is 3.37. The molecule has 4 rings (SSSR count). The third kappa shape index (κ3) is 2.15. The molecule has 0 bridgehead atoms. The van der Waals surface area contributed by atoms with Gasteiger partial charge in [0.2, 0.25) is 5.95 Å². The molecule has 1 atom stereocenters. The SMILES string of the molecule is Cn1c(N2CCC(n3cc(Cl)cn3)C2)nc2c1c(=O)[nH]c(=O)n2C. The highest BCUT2D eigenvalue weighted by Gasteiger charge is 2.28. The van der Waals surface area contributed by atoms with Crippen molar-refractivity contribution in [3.05, 3.63) is 38.3 Å². The van der Waals surface area contributed by atoms with Gasteiger partial charge in [0.1, 0.15) is 0 Å². The fourth-order valence-corrected chi connectivity index (χ4v) is 3.38. The van der Waals surface area contributed by atoms with Gasteiger partial charge in [-0.05, 0) is 6.42 Å². The highest BCUT2D eigenvalue weighted by molar-refractivity contribution is 6.30. The first kappa shape index (κ1) is 15.0. The number of hydrogen-bond acceptors (Lipinski definition) is 5. The monoisotopic (exact) mass is 349 g/mol. The number of nitrogens with zero attached hydrogens (tertiary/aromatic N) is 6. The number of aromatic nitrogens is 6. The van der Waals surface area contributed by atoms with E-state index < -0.39 is 11.2 Å². The van der Waals surface area contributed by atoms with Crippen LogP contribution in [0.3, 0.4) is 0 Å². The zero-order chi connectivity index (χ0) is 17.0. The van der Waals surface area contributed by atoms with Crippen molar-refractivity contribution < 1.29 is 0 Å². The molecule has 1 fully saturated rings. The summed E-state index contributed by atoms with van der Waals surface area (Å²) in [4.78, 5) is 32.8. The second-order valence-electron chi connectivity index (χ2n) is 5.99. The van der Waals surface area contributed by atoms with Crippen LogP contribution in [0.2, 0.25) is 5.02 Å². The highest BCUT2D eigenvalue weighted by atomic mass is 35.5. The van der Waals surface area contributed by atoms with Gasteiger partial charge in [-0.1, -0.05) is 11.6 Å². The van der Waals surface area contributed by atoms with Crippen molar-refractivity contribution in [2.75, 3.05) is 18.0 Å². The predicted molar refractivity (Wildman–Crippen MR) is 89.7 cm³/mol. The number of aromatic amines is 1. The first-order valence-corrected chi connectivity index (χ1v) is 7.94. The summed E-state index contributed by atoms with van der Waals surface area (Å²) in [6.45, 7) is 1.49. The summed E-state index contributed by atoms with van der Waals surface area (Å²) in [5.74, 6) is 0.664. The molecule has 1 saturated heterocycles. The number of nitrogens with one attached hydrogen (secondary N) is 1. The molecule has 0 aliphatic carbocycles. The van der Waals surface area contributed by atoms with Crippen molar-refractivity contribution >= 4 is 28.7 Å². The Morgan fingerprint density at radius 1 is 1.29 bits per heavy atom. The zero-order valence-electron chi connectivity index (χ0n) is 13.2. The second-order valence-corrected chi connectivity index (χ2v) is 6.42. The summed E-state index contributed by atoms with van der Waals surface area (Å²) in [5, 5.41) is 4.87. The van der Waals surface area contributed by atoms with Gasteiger partial charge in [0, 0.05) is 33.4 Å². The molecule has 126 valence electrons. The van der Waals surface area contributed by atoms with E-state index in [1.54, 1.807) is 31.1 Å². The molecular weight excluding hydrogens is 334 g/mol. The topological polar surface area (TPSA) is 93.7 Å². The quantitative estimate of drug-likeness (QED) is 0.716. The van der Waals surface area contributed by atoms with E-state index in [4.69, 9.17) is 11.6 Å². The van der Waals surface area contributed by atoms with Crippen LogP contribution in [0.5, 0.6) is 0 Å². The molecule has 9 nitrogen and oxygen atoms in total. The number of aryl methyl sites for hydroxylation is 2. The van der Waals surface area contributed by atoms with Gasteiger partial charge < -0.3 is 9.47 Å². The number of anilines is 1. The van der Waals surface area contributed by atoms with Gasteiger partial charge in [-0.15, -0.1) is 0 Å². The van der Waals surface area contributed by atoms with Crippen molar-refractivity contribution in [1.82, 2.24) is 28.9 Å². The summed E-state index contributed by atoms with van der Waals surface area (Å²) in [5.41, 5.74) is -0.129. The average Bonchev–Trinajstić information content (AvgIpc) is 3.23. The summed E-state index contributed by atoms with van der Waals surface area (Å²) in [6, 6.07) is 0.194. The minimum atomic E-state index is -0.470. The Balaban J connectivity index is 1.74. The minimum Gasteiger partial charge on any atom is -0.340 e. The molecule has 24 heavy (non-hydrogen) atoms. The molecule has 3 aromatic heterocycles. The first-order valence-electron chi connectivity index (χ1n) is 7.56. The van der Waals surface area contributed by atoms with Gasteiger partial charge >= 0.3 is 5.69 Å². The molecule has 0 radical (unpaired) electrons. The van der Waals surface area contributed by atoms with Gasteiger partial charge in [-0.25, -0.2) is 4.79 Å². The molecule has 0 spiro atoms. The molecule has 1 unspecified atom stereocenters. The number of imidazole rings is 1. The maximum atomic E-state index is 12.1. The van der Waals surface area contributed by atoms with Crippen molar-refractivity contribution in [2.24, 2.45) is 14.1 Å². The van der Waals surface area contributed by atoms with Crippen molar-refractivity contribution in [1.29, 1.82) is 0 Å². The van der Waals surface area contributed by atoms with Crippen LogP contribution >= 0.6 is 11.6 Å². The normalized spacial score (nSPS) is 18.0. The Morgan fingerprint density at radius 3 is 2.79 bits per heavy atom. The standard InChI is InChI=1S/C14H16ClN7O2/c1-19-10-11(20(2)14(24)18-12(10)23)17-13(19)21-4-3-9(7-21)22-6-8(15)5-16-22/h5-6,9H,3-4,7H2,1-2H3,(H,18,23,24). The maximum absolute atomic E-state index is 12.1. The second kappa shape index (κ2) is 5.23. The molecule has 4 heterocycles. The average molecular weight is 350 g/mol. The minimum absolute atomic E-state index is 0.194. The largest absolute Gasteiger partial charge is 0.340 e. The zero-order valence-corrected chi connectivity index (χ0v) is 14.0. The lowest BCUT2D eigenvalue weighted by Crippen LogP contribution is -2.29. The molecular formula is C14H16ClN7O2. The first-order chi connectivity index (χ1) is 11.5. The van der Waals surface area contributed by atoms with Crippen LogP contribution in [0, 0.1) is 0 Å². The van der Waals surface area contributed by atoms with Crippen LogP contribution in [0.25, 0.3) is 11.2 Å². The van der Waals surface area contributed by atoms with Gasteiger partial charge in [-0.2, -0.15) is 10.1 Å². The summed E-state index contributed by atoms with van der Waals surface area (Å²) in [6.07, 6.45) is 4.32. The Bertz CT molecular complexity index is 1040. The van der Waals surface area contributed by atoms with E-state index in [1.807, 2.05) is 4.68 Å². The Labute approximate surface area is 141 Å². The van der Waals surface area contributed by atoms with Gasteiger partial charge in [-0.3, -0.25) is 19.0 Å². The van der Waals surface area contributed by atoms with Crippen LogP contribution in [-0.2, 0) is 14.1 Å². The summed E-state index contributed by atoms with van der Waals surface area (Å²) < 4.78 is 4.93. The Morgan fingerprint density at radius 2 is 2.08 bits per heavy atom. The van der Waals surface area contributed by atoms with Gasteiger partial charge in [0.05, 0.1) is 17.3 Å². The number of fused-ring (bicyclic) bond motifs is 1. The fourth-order valence-electron chi connectivity index (χ4n) is 3.23.